The molecular weight excluding hydrogens is 336 g/mol. The molecule has 0 aliphatic heterocycles. The summed E-state index contributed by atoms with van der Waals surface area (Å²) in [7, 11) is 1.56. The summed E-state index contributed by atoms with van der Waals surface area (Å²) >= 11 is 6.87. The third kappa shape index (κ3) is 2.25. The van der Waals surface area contributed by atoms with E-state index in [9.17, 15) is 0 Å². The van der Waals surface area contributed by atoms with Gasteiger partial charge in [-0.1, -0.05) is 34.1 Å². The molecule has 1 aromatic carbocycles. The number of ether oxygens (including phenoxy) is 1. The van der Waals surface area contributed by atoms with Gasteiger partial charge in [-0.25, -0.2) is 0 Å². The first kappa shape index (κ1) is 11.5. The molecule has 0 bridgehead atoms. The van der Waals surface area contributed by atoms with Crippen LogP contribution in [0.5, 0.6) is 5.88 Å². The molecule has 0 N–H and O–H groups in total. The van der Waals surface area contributed by atoms with E-state index in [4.69, 9.17) is 4.74 Å². The van der Waals surface area contributed by atoms with Crippen LogP contribution >= 0.6 is 31.9 Å². The van der Waals surface area contributed by atoms with Crippen LogP contribution in [0.15, 0.2) is 39.3 Å². The molecule has 0 unspecified atom stereocenters. The molecule has 1 heterocycles. The summed E-state index contributed by atoms with van der Waals surface area (Å²) in [5.41, 5.74) is 1.79. The lowest BCUT2D eigenvalue weighted by molar-refractivity contribution is 0.389. The molecule has 0 fully saturated rings. The summed E-state index contributed by atoms with van der Waals surface area (Å²) < 4.78 is 6.81. The lowest BCUT2D eigenvalue weighted by Gasteiger charge is -2.05. The van der Waals surface area contributed by atoms with Crippen LogP contribution in [-0.4, -0.2) is 17.3 Å². The molecule has 2 rings (SSSR count). The highest BCUT2D eigenvalue weighted by Crippen LogP contribution is 2.30. The summed E-state index contributed by atoms with van der Waals surface area (Å²) in [6, 6.07) is 9.74. The van der Waals surface area contributed by atoms with Gasteiger partial charge in [0.25, 0.3) is 0 Å². The number of halogens is 2. The summed E-state index contributed by atoms with van der Waals surface area (Å²) in [6.07, 6.45) is 0. The number of methoxy groups -OCH3 is 1. The molecule has 0 atom stereocenters. The zero-order valence-electron chi connectivity index (χ0n) is 8.45. The van der Waals surface area contributed by atoms with Gasteiger partial charge in [0, 0.05) is 10.0 Å². The van der Waals surface area contributed by atoms with E-state index < -0.39 is 0 Å². The number of hydrogen-bond donors (Lipinski definition) is 0. The van der Waals surface area contributed by atoms with Crippen molar-refractivity contribution in [3.05, 3.63) is 39.3 Å². The fourth-order valence-electron chi connectivity index (χ4n) is 1.30. The molecular formula is C11H8Br2N2O. The zero-order chi connectivity index (χ0) is 11.5. The van der Waals surface area contributed by atoms with E-state index in [0.717, 1.165) is 20.2 Å². The highest BCUT2D eigenvalue weighted by molar-refractivity contribution is 9.11. The van der Waals surface area contributed by atoms with Crippen molar-refractivity contribution in [2.45, 2.75) is 0 Å². The maximum absolute atomic E-state index is 5.03. The van der Waals surface area contributed by atoms with Crippen LogP contribution in [0.3, 0.4) is 0 Å². The van der Waals surface area contributed by atoms with E-state index >= 15 is 0 Å². The van der Waals surface area contributed by atoms with Crippen molar-refractivity contribution in [1.82, 2.24) is 10.2 Å². The van der Waals surface area contributed by atoms with Gasteiger partial charge in [-0.2, -0.15) is 0 Å². The number of aromatic nitrogens is 2. The van der Waals surface area contributed by atoms with Crippen LogP contribution in [0.4, 0.5) is 0 Å². The van der Waals surface area contributed by atoms with E-state index in [-0.39, 0.29) is 0 Å². The monoisotopic (exact) mass is 342 g/mol. The minimum atomic E-state index is 0.482. The van der Waals surface area contributed by atoms with E-state index in [1.807, 2.05) is 30.3 Å². The van der Waals surface area contributed by atoms with Gasteiger partial charge in [-0.05, 0) is 28.1 Å². The molecule has 0 saturated carbocycles. The standard InChI is InChI=1S/C11H8Br2N2O/c1-16-11-9(13)6-10(14-15-11)7-4-2-3-5-8(7)12/h2-6H,1H3. The van der Waals surface area contributed by atoms with Crippen molar-refractivity contribution in [3.8, 4) is 17.1 Å². The molecule has 5 heteroatoms. The third-order valence-corrected chi connectivity index (χ3v) is 3.32. The van der Waals surface area contributed by atoms with Crippen LogP contribution in [0.1, 0.15) is 0 Å². The molecule has 1 aromatic heterocycles. The topological polar surface area (TPSA) is 35.0 Å². The van der Waals surface area contributed by atoms with Crippen molar-refractivity contribution in [2.75, 3.05) is 7.11 Å². The van der Waals surface area contributed by atoms with E-state index in [2.05, 4.69) is 42.1 Å². The Morgan fingerprint density at radius 3 is 2.44 bits per heavy atom. The Balaban J connectivity index is 2.50. The minimum absolute atomic E-state index is 0.482. The van der Waals surface area contributed by atoms with Crippen molar-refractivity contribution in [1.29, 1.82) is 0 Å². The van der Waals surface area contributed by atoms with Crippen LogP contribution in [-0.2, 0) is 0 Å². The maximum Gasteiger partial charge on any atom is 0.247 e. The summed E-state index contributed by atoms with van der Waals surface area (Å²) in [5.74, 6) is 0.482. The molecule has 0 aliphatic carbocycles. The molecule has 82 valence electrons. The van der Waals surface area contributed by atoms with Gasteiger partial charge in [0.15, 0.2) is 0 Å². The Labute approximate surface area is 110 Å². The Morgan fingerprint density at radius 2 is 1.81 bits per heavy atom. The first-order valence-corrected chi connectivity index (χ1v) is 6.13. The smallest absolute Gasteiger partial charge is 0.247 e. The second-order valence-electron chi connectivity index (χ2n) is 3.07. The van der Waals surface area contributed by atoms with Crippen molar-refractivity contribution >= 4 is 31.9 Å². The summed E-state index contributed by atoms with van der Waals surface area (Å²) in [5, 5.41) is 8.08. The number of hydrogen-bond acceptors (Lipinski definition) is 3. The van der Waals surface area contributed by atoms with Crippen LogP contribution < -0.4 is 4.74 Å². The Kier molecular flexibility index (Phi) is 3.56. The average molecular weight is 344 g/mol. The van der Waals surface area contributed by atoms with Crippen LogP contribution in [0.25, 0.3) is 11.3 Å². The first-order chi connectivity index (χ1) is 7.72. The highest BCUT2D eigenvalue weighted by atomic mass is 79.9. The SMILES string of the molecule is COc1nnc(-c2ccccc2Br)cc1Br. The van der Waals surface area contributed by atoms with Gasteiger partial charge >= 0.3 is 0 Å². The molecule has 0 spiro atoms. The summed E-state index contributed by atoms with van der Waals surface area (Å²) in [6.45, 7) is 0. The maximum atomic E-state index is 5.03. The molecule has 0 saturated heterocycles. The molecule has 2 aromatic rings. The fourth-order valence-corrected chi connectivity index (χ4v) is 2.24. The average Bonchev–Trinajstić information content (AvgIpc) is 2.29. The first-order valence-electron chi connectivity index (χ1n) is 4.54. The van der Waals surface area contributed by atoms with Crippen LogP contribution in [0.2, 0.25) is 0 Å². The Bertz CT molecular complexity index is 517. The Morgan fingerprint density at radius 1 is 1.06 bits per heavy atom. The largest absolute Gasteiger partial charge is 0.479 e. The van der Waals surface area contributed by atoms with Gasteiger partial charge in [-0.15, -0.1) is 10.2 Å². The number of rotatable bonds is 2. The second kappa shape index (κ2) is 4.93. The predicted molar refractivity (Wildman–Crippen MR) is 69.4 cm³/mol. The van der Waals surface area contributed by atoms with E-state index in [0.29, 0.717) is 5.88 Å². The highest BCUT2D eigenvalue weighted by Gasteiger charge is 2.08. The fraction of sp³-hybridized carbons (Fsp3) is 0.0909. The normalized spacial score (nSPS) is 10.2. The van der Waals surface area contributed by atoms with Crippen molar-refractivity contribution in [3.63, 3.8) is 0 Å². The van der Waals surface area contributed by atoms with Gasteiger partial charge < -0.3 is 4.74 Å². The lowest BCUT2D eigenvalue weighted by atomic mass is 10.1. The molecule has 3 nitrogen and oxygen atoms in total. The predicted octanol–water partition coefficient (Wildman–Crippen LogP) is 3.68. The second-order valence-corrected chi connectivity index (χ2v) is 4.78. The van der Waals surface area contributed by atoms with Gasteiger partial charge in [0.2, 0.25) is 5.88 Å². The van der Waals surface area contributed by atoms with E-state index in [1.165, 1.54) is 0 Å². The van der Waals surface area contributed by atoms with Gasteiger partial charge in [0.1, 0.15) is 0 Å². The zero-order valence-corrected chi connectivity index (χ0v) is 11.6. The van der Waals surface area contributed by atoms with Crippen molar-refractivity contribution in [2.24, 2.45) is 0 Å². The van der Waals surface area contributed by atoms with Crippen molar-refractivity contribution < 1.29 is 4.74 Å². The molecule has 0 radical (unpaired) electrons. The number of benzene rings is 1. The third-order valence-electron chi connectivity index (χ3n) is 2.06. The lowest BCUT2D eigenvalue weighted by Crippen LogP contribution is -1.94. The summed E-state index contributed by atoms with van der Waals surface area (Å²) in [4.78, 5) is 0. The molecule has 0 amide bonds. The van der Waals surface area contributed by atoms with Crippen LogP contribution in [0, 0.1) is 0 Å². The van der Waals surface area contributed by atoms with Gasteiger partial charge in [0.05, 0.1) is 17.3 Å². The molecule has 16 heavy (non-hydrogen) atoms. The van der Waals surface area contributed by atoms with E-state index in [1.54, 1.807) is 7.11 Å². The Hall–Kier alpha value is -0.940. The quantitative estimate of drug-likeness (QED) is 0.834. The van der Waals surface area contributed by atoms with Gasteiger partial charge in [-0.3, -0.25) is 0 Å². The number of nitrogens with zero attached hydrogens (tertiary/aromatic N) is 2. The molecule has 0 aliphatic rings. The minimum Gasteiger partial charge on any atom is -0.479 e.